The highest BCUT2D eigenvalue weighted by Crippen LogP contribution is 2.16. The largest absolute Gasteiger partial charge is 0.444 e. The number of hydrogen-bond donors (Lipinski definition) is 4. The molecule has 12 nitrogen and oxygen atoms in total. The first-order valence-corrected chi connectivity index (χ1v) is 11.3. The summed E-state index contributed by atoms with van der Waals surface area (Å²) in [6, 6.07) is 15.2. The summed E-state index contributed by atoms with van der Waals surface area (Å²) >= 11 is 0. The molecule has 0 spiro atoms. The Morgan fingerprint density at radius 3 is 1.95 bits per heavy atom. The van der Waals surface area contributed by atoms with Crippen molar-refractivity contribution in [1.82, 2.24) is 16.0 Å². The van der Waals surface area contributed by atoms with E-state index < -0.39 is 48.7 Å². The molecule has 12 heteroatoms. The van der Waals surface area contributed by atoms with Crippen LogP contribution in [0.15, 0.2) is 54.6 Å². The zero-order chi connectivity index (χ0) is 27.3. The van der Waals surface area contributed by atoms with Gasteiger partial charge in [-0.05, 0) is 50.6 Å². The van der Waals surface area contributed by atoms with Crippen molar-refractivity contribution in [2.24, 2.45) is 0 Å². The molecule has 0 aromatic heterocycles. The monoisotopic (exact) mass is 514 g/mol. The summed E-state index contributed by atoms with van der Waals surface area (Å²) in [6.07, 6.45) is -1.40. The normalized spacial score (nSPS) is 10.5. The second-order valence-corrected chi connectivity index (χ2v) is 8.59. The molecule has 4 amide bonds. The lowest BCUT2D eigenvalue weighted by Crippen LogP contribution is -2.44. The van der Waals surface area contributed by atoms with E-state index in [4.69, 9.17) is 14.2 Å². The predicted octanol–water partition coefficient (Wildman–Crippen LogP) is 2.10. The number of benzene rings is 2. The Hall–Kier alpha value is -4.61. The third-order valence-corrected chi connectivity index (χ3v) is 4.21. The molecule has 0 atom stereocenters. The minimum absolute atomic E-state index is 0.126. The molecular weight excluding hydrogens is 484 g/mol. The molecule has 0 heterocycles. The number of nitrogens with one attached hydrogen (secondary N) is 4. The number of rotatable bonds is 10. The van der Waals surface area contributed by atoms with E-state index in [1.807, 2.05) is 30.3 Å². The Morgan fingerprint density at radius 2 is 1.32 bits per heavy atom. The molecule has 0 aliphatic carbocycles. The van der Waals surface area contributed by atoms with Gasteiger partial charge in [-0.3, -0.25) is 14.9 Å². The molecule has 0 saturated heterocycles. The van der Waals surface area contributed by atoms with Gasteiger partial charge in [-0.15, -0.1) is 0 Å². The first-order chi connectivity index (χ1) is 17.5. The van der Waals surface area contributed by atoms with Crippen molar-refractivity contribution < 1.29 is 38.2 Å². The fourth-order valence-electron chi connectivity index (χ4n) is 2.59. The molecule has 0 bridgehead atoms. The zero-order valence-electron chi connectivity index (χ0n) is 20.8. The standard InChI is InChI=1S/C25H30N4O8/c1-25(2,3)37-23(33)28-14-21(31)26-13-20(30)27-15-22(32)36-19-11-9-18(10-12-19)29-24(34)35-16-17-7-5-4-6-8-17/h4-12H,13-16H2,1-3H3,(H,26,31)(H,27,30)(H,28,33)(H,29,34). The van der Waals surface area contributed by atoms with Crippen LogP contribution in [0.3, 0.4) is 0 Å². The number of amides is 4. The molecule has 2 aromatic rings. The topological polar surface area (TPSA) is 161 Å². The Bertz CT molecular complexity index is 1080. The van der Waals surface area contributed by atoms with Gasteiger partial charge in [0.2, 0.25) is 11.8 Å². The van der Waals surface area contributed by atoms with Crippen molar-refractivity contribution in [3.8, 4) is 5.75 Å². The smallest absolute Gasteiger partial charge is 0.411 e. The first kappa shape index (κ1) is 28.6. The fourth-order valence-corrected chi connectivity index (χ4v) is 2.59. The second-order valence-electron chi connectivity index (χ2n) is 8.59. The number of anilines is 1. The minimum Gasteiger partial charge on any atom is -0.444 e. The van der Waals surface area contributed by atoms with Crippen LogP contribution < -0.4 is 26.0 Å². The molecule has 0 radical (unpaired) electrons. The van der Waals surface area contributed by atoms with Crippen LogP contribution >= 0.6 is 0 Å². The van der Waals surface area contributed by atoms with Crippen LogP contribution in [0.1, 0.15) is 26.3 Å². The van der Waals surface area contributed by atoms with E-state index in [0.717, 1.165) is 5.56 Å². The zero-order valence-corrected chi connectivity index (χ0v) is 20.8. The van der Waals surface area contributed by atoms with E-state index in [2.05, 4.69) is 21.3 Å². The maximum absolute atomic E-state index is 12.0. The van der Waals surface area contributed by atoms with Gasteiger partial charge in [0.05, 0.1) is 6.54 Å². The van der Waals surface area contributed by atoms with E-state index in [1.54, 1.807) is 20.8 Å². The minimum atomic E-state index is -0.762. The van der Waals surface area contributed by atoms with Gasteiger partial charge in [0.25, 0.3) is 0 Å². The van der Waals surface area contributed by atoms with E-state index >= 15 is 0 Å². The highest BCUT2D eigenvalue weighted by atomic mass is 16.6. The molecular formula is C25H30N4O8. The molecule has 0 saturated carbocycles. The number of hydrogen-bond acceptors (Lipinski definition) is 8. The van der Waals surface area contributed by atoms with Gasteiger partial charge in [0.15, 0.2) is 0 Å². The highest BCUT2D eigenvalue weighted by Gasteiger charge is 2.17. The third kappa shape index (κ3) is 12.6. The predicted molar refractivity (Wildman–Crippen MR) is 133 cm³/mol. The van der Waals surface area contributed by atoms with Crippen molar-refractivity contribution in [3.63, 3.8) is 0 Å². The molecule has 0 unspecified atom stereocenters. The van der Waals surface area contributed by atoms with E-state index in [-0.39, 0.29) is 18.9 Å². The van der Waals surface area contributed by atoms with Gasteiger partial charge in [-0.2, -0.15) is 0 Å². The molecule has 2 aromatic carbocycles. The van der Waals surface area contributed by atoms with E-state index in [0.29, 0.717) is 5.69 Å². The average molecular weight is 515 g/mol. The number of esters is 1. The van der Waals surface area contributed by atoms with E-state index in [9.17, 15) is 24.0 Å². The molecule has 2 rings (SSSR count). The van der Waals surface area contributed by atoms with Crippen molar-refractivity contribution >= 4 is 35.7 Å². The van der Waals surface area contributed by atoms with Gasteiger partial charge in [0.1, 0.15) is 31.0 Å². The lowest BCUT2D eigenvalue weighted by molar-refractivity contribution is -0.135. The third-order valence-electron chi connectivity index (χ3n) is 4.21. The Kier molecular flexibility index (Phi) is 10.9. The van der Waals surface area contributed by atoms with Gasteiger partial charge in [-0.1, -0.05) is 30.3 Å². The van der Waals surface area contributed by atoms with Crippen molar-refractivity contribution in [3.05, 3.63) is 60.2 Å². The van der Waals surface area contributed by atoms with Crippen LogP contribution in [0.4, 0.5) is 15.3 Å². The van der Waals surface area contributed by atoms with Crippen LogP contribution in [-0.4, -0.2) is 55.2 Å². The summed E-state index contributed by atoms with van der Waals surface area (Å²) in [4.78, 5) is 58.9. The summed E-state index contributed by atoms with van der Waals surface area (Å²) in [7, 11) is 0. The lowest BCUT2D eigenvalue weighted by atomic mass is 10.2. The Labute approximate surface area is 214 Å². The molecule has 4 N–H and O–H groups in total. The Morgan fingerprint density at radius 1 is 0.730 bits per heavy atom. The molecule has 198 valence electrons. The SMILES string of the molecule is CC(C)(C)OC(=O)NCC(=O)NCC(=O)NCC(=O)Oc1ccc(NC(=O)OCc2ccccc2)cc1. The summed E-state index contributed by atoms with van der Waals surface area (Å²) in [5.41, 5.74) is 0.581. The highest BCUT2D eigenvalue weighted by molar-refractivity contribution is 5.89. The van der Waals surface area contributed by atoms with Crippen LogP contribution in [0.5, 0.6) is 5.75 Å². The summed E-state index contributed by atoms with van der Waals surface area (Å²) in [5.74, 6) is -1.78. The molecule has 0 fully saturated rings. The summed E-state index contributed by atoms with van der Waals surface area (Å²) in [6.45, 7) is 3.96. The summed E-state index contributed by atoms with van der Waals surface area (Å²) in [5, 5.41) is 9.42. The number of alkyl carbamates (subject to hydrolysis) is 1. The maximum Gasteiger partial charge on any atom is 0.411 e. The van der Waals surface area contributed by atoms with E-state index in [1.165, 1.54) is 24.3 Å². The van der Waals surface area contributed by atoms with Gasteiger partial charge in [0, 0.05) is 5.69 Å². The van der Waals surface area contributed by atoms with Crippen LogP contribution in [0.25, 0.3) is 0 Å². The van der Waals surface area contributed by atoms with Crippen LogP contribution in [0, 0.1) is 0 Å². The quantitative estimate of drug-likeness (QED) is 0.277. The van der Waals surface area contributed by atoms with Crippen molar-refractivity contribution in [1.29, 1.82) is 0 Å². The fraction of sp³-hybridized carbons (Fsp3) is 0.320. The van der Waals surface area contributed by atoms with Crippen molar-refractivity contribution in [2.45, 2.75) is 33.0 Å². The molecule has 0 aliphatic rings. The van der Waals surface area contributed by atoms with Crippen molar-refractivity contribution in [2.75, 3.05) is 25.0 Å². The number of carbonyl (C=O) groups excluding carboxylic acids is 5. The molecule has 37 heavy (non-hydrogen) atoms. The maximum atomic E-state index is 12.0. The number of ether oxygens (including phenoxy) is 3. The van der Waals surface area contributed by atoms with Gasteiger partial charge >= 0.3 is 18.2 Å². The van der Waals surface area contributed by atoms with Gasteiger partial charge < -0.3 is 30.2 Å². The average Bonchev–Trinajstić information content (AvgIpc) is 2.84. The summed E-state index contributed by atoms with van der Waals surface area (Å²) < 4.78 is 15.2. The number of carbonyl (C=O) groups is 5. The first-order valence-electron chi connectivity index (χ1n) is 11.3. The molecule has 0 aliphatic heterocycles. The Balaban J connectivity index is 1.63. The van der Waals surface area contributed by atoms with Crippen LogP contribution in [0.2, 0.25) is 0 Å². The lowest BCUT2D eigenvalue weighted by Gasteiger charge is -2.19. The second kappa shape index (κ2) is 14.1. The van der Waals surface area contributed by atoms with Gasteiger partial charge in [-0.25, -0.2) is 14.4 Å². The van der Waals surface area contributed by atoms with Crippen LogP contribution in [-0.2, 0) is 30.5 Å².